The average molecular weight is 385 g/mol. The normalized spacial score (nSPS) is 11.3. The van der Waals surface area contributed by atoms with Crippen LogP contribution in [-0.2, 0) is 21.2 Å². The van der Waals surface area contributed by atoms with Gasteiger partial charge in [0, 0.05) is 5.69 Å². The molecule has 0 spiro atoms. The van der Waals surface area contributed by atoms with Gasteiger partial charge in [-0.15, -0.1) is 5.10 Å². The highest BCUT2D eigenvalue weighted by atomic mass is 32.2. The highest BCUT2D eigenvalue weighted by molar-refractivity contribution is 7.91. The molecule has 8 nitrogen and oxygen atoms in total. The van der Waals surface area contributed by atoms with E-state index in [1.54, 1.807) is 18.2 Å². The molecule has 9 heteroatoms. The monoisotopic (exact) mass is 385 g/mol. The van der Waals surface area contributed by atoms with Crippen LogP contribution in [0.3, 0.4) is 0 Å². The number of hydrogen-bond acceptors (Lipinski definition) is 6. The van der Waals surface area contributed by atoms with E-state index in [-0.39, 0.29) is 28.2 Å². The van der Waals surface area contributed by atoms with Crippen LogP contribution in [0.5, 0.6) is 0 Å². The molecule has 27 heavy (non-hydrogen) atoms. The molecule has 1 amide bonds. The number of hydrogen-bond donors (Lipinski definition) is 2. The topological polar surface area (TPSA) is 120 Å². The number of amides is 1. The number of anilines is 2. The molecule has 3 rings (SSSR count). The maximum atomic E-state index is 12.6. The first kappa shape index (κ1) is 18.6. The zero-order chi connectivity index (χ0) is 19.6. The second-order valence-electron chi connectivity index (χ2n) is 6.12. The van der Waals surface area contributed by atoms with Gasteiger partial charge in [-0.3, -0.25) is 4.79 Å². The third kappa shape index (κ3) is 3.82. The fourth-order valence-corrected chi connectivity index (χ4v) is 3.78. The number of carbonyl (C=O) groups is 1. The van der Waals surface area contributed by atoms with Crippen LogP contribution >= 0.6 is 0 Å². The summed E-state index contributed by atoms with van der Waals surface area (Å²) in [5, 5.41) is 9.81. The summed E-state index contributed by atoms with van der Waals surface area (Å²) >= 11 is 0. The number of nitrogens with zero attached hydrogens (tertiary/aromatic N) is 3. The van der Waals surface area contributed by atoms with Gasteiger partial charge in [0.2, 0.25) is 20.8 Å². The van der Waals surface area contributed by atoms with Gasteiger partial charge in [-0.1, -0.05) is 35.5 Å². The summed E-state index contributed by atoms with van der Waals surface area (Å²) < 4.78 is 26.3. The Kier molecular flexibility index (Phi) is 4.95. The van der Waals surface area contributed by atoms with Crippen LogP contribution < -0.4 is 11.1 Å². The standard InChI is InChI=1S/C18H19N5O3S/c1-12-8-9-13(2)15(10-12)20-16(24)11-23-17(19)18(21-22-23)27(25,26)14-6-4-3-5-7-14/h3-10H,11,19H2,1-2H3,(H,20,24). The molecule has 0 aliphatic carbocycles. The molecule has 1 aromatic heterocycles. The molecular weight excluding hydrogens is 366 g/mol. The number of aryl methyl sites for hydroxylation is 2. The second-order valence-corrected chi connectivity index (χ2v) is 7.99. The lowest BCUT2D eigenvalue weighted by Crippen LogP contribution is -2.21. The van der Waals surface area contributed by atoms with Crippen LogP contribution in [0, 0.1) is 13.8 Å². The Labute approximate surface area is 156 Å². The van der Waals surface area contributed by atoms with Crippen molar-refractivity contribution in [1.29, 1.82) is 0 Å². The van der Waals surface area contributed by atoms with Gasteiger partial charge in [0.05, 0.1) is 4.90 Å². The highest BCUT2D eigenvalue weighted by Crippen LogP contribution is 2.23. The van der Waals surface area contributed by atoms with Crippen molar-refractivity contribution in [3.8, 4) is 0 Å². The Balaban J connectivity index is 1.82. The first-order valence-corrected chi connectivity index (χ1v) is 9.63. The molecule has 0 saturated carbocycles. The van der Waals surface area contributed by atoms with Gasteiger partial charge in [0.15, 0.2) is 5.82 Å². The molecule has 0 aliphatic rings. The van der Waals surface area contributed by atoms with Crippen molar-refractivity contribution in [2.24, 2.45) is 0 Å². The number of carbonyl (C=O) groups excluding carboxylic acids is 1. The minimum Gasteiger partial charge on any atom is -0.381 e. The zero-order valence-electron chi connectivity index (χ0n) is 14.9. The largest absolute Gasteiger partial charge is 0.381 e. The van der Waals surface area contributed by atoms with Gasteiger partial charge in [-0.25, -0.2) is 13.1 Å². The summed E-state index contributed by atoms with van der Waals surface area (Å²) in [4.78, 5) is 12.4. The molecule has 0 saturated heterocycles. The van der Waals surface area contributed by atoms with E-state index in [0.29, 0.717) is 5.69 Å². The van der Waals surface area contributed by atoms with Crippen molar-refractivity contribution in [3.05, 3.63) is 59.7 Å². The van der Waals surface area contributed by atoms with Gasteiger partial charge in [0.1, 0.15) is 6.54 Å². The Morgan fingerprint density at radius 2 is 1.85 bits per heavy atom. The van der Waals surface area contributed by atoms with E-state index >= 15 is 0 Å². The molecule has 140 valence electrons. The summed E-state index contributed by atoms with van der Waals surface area (Å²) in [6.07, 6.45) is 0. The lowest BCUT2D eigenvalue weighted by atomic mass is 10.1. The number of sulfone groups is 1. The van der Waals surface area contributed by atoms with Crippen molar-refractivity contribution < 1.29 is 13.2 Å². The average Bonchev–Trinajstić information content (AvgIpc) is 3.00. The molecule has 0 bridgehead atoms. The summed E-state index contributed by atoms with van der Waals surface area (Å²) in [5.74, 6) is -0.570. The summed E-state index contributed by atoms with van der Waals surface area (Å²) in [5.41, 5.74) is 8.49. The van der Waals surface area contributed by atoms with Crippen molar-refractivity contribution in [2.75, 3.05) is 11.1 Å². The lowest BCUT2D eigenvalue weighted by Gasteiger charge is -2.10. The van der Waals surface area contributed by atoms with Crippen molar-refractivity contribution in [2.45, 2.75) is 30.3 Å². The Hall–Kier alpha value is -3.20. The van der Waals surface area contributed by atoms with E-state index in [1.165, 1.54) is 12.1 Å². The molecular formula is C18H19N5O3S. The number of nitrogens with one attached hydrogen (secondary N) is 1. The molecule has 0 atom stereocenters. The molecule has 3 N–H and O–H groups in total. The van der Waals surface area contributed by atoms with Crippen LogP contribution in [0.25, 0.3) is 0 Å². The van der Waals surface area contributed by atoms with Crippen molar-refractivity contribution in [3.63, 3.8) is 0 Å². The number of aromatic nitrogens is 3. The van der Waals surface area contributed by atoms with E-state index in [4.69, 9.17) is 5.73 Å². The van der Waals surface area contributed by atoms with E-state index in [9.17, 15) is 13.2 Å². The Morgan fingerprint density at radius 1 is 1.15 bits per heavy atom. The van der Waals surface area contributed by atoms with Crippen molar-refractivity contribution in [1.82, 2.24) is 15.0 Å². The van der Waals surface area contributed by atoms with Gasteiger partial charge < -0.3 is 11.1 Å². The third-order valence-electron chi connectivity index (χ3n) is 4.01. The van der Waals surface area contributed by atoms with Gasteiger partial charge in [0.25, 0.3) is 0 Å². The predicted molar refractivity (Wildman–Crippen MR) is 101 cm³/mol. The molecule has 3 aromatic rings. The molecule has 0 unspecified atom stereocenters. The van der Waals surface area contributed by atoms with E-state index < -0.39 is 9.84 Å². The van der Waals surface area contributed by atoms with Crippen LogP contribution in [-0.4, -0.2) is 29.3 Å². The number of benzene rings is 2. The summed E-state index contributed by atoms with van der Waals surface area (Å²) in [6.45, 7) is 3.55. The Bertz CT molecular complexity index is 1090. The second kappa shape index (κ2) is 7.20. The van der Waals surface area contributed by atoms with Crippen LogP contribution in [0.15, 0.2) is 58.5 Å². The molecule has 0 fully saturated rings. The first-order chi connectivity index (χ1) is 12.8. The zero-order valence-corrected chi connectivity index (χ0v) is 15.7. The summed E-state index contributed by atoms with van der Waals surface area (Å²) in [7, 11) is -3.91. The third-order valence-corrected chi connectivity index (χ3v) is 5.70. The maximum absolute atomic E-state index is 12.6. The molecule has 0 aliphatic heterocycles. The molecule has 1 heterocycles. The molecule has 0 radical (unpaired) electrons. The van der Waals surface area contributed by atoms with Crippen LogP contribution in [0.2, 0.25) is 0 Å². The van der Waals surface area contributed by atoms with Crippen molar-refractivity contribution >= 4 is 27.2 Å². The Morgan fingerprint density at radius 3 is 2.56 bits per heavy atom. The van der Waals surface area contributed by atoms with E-state index in [1.807, 2.05) is 32.0 Å². The SMILES string of the molecule is Cc1ccc(C)c(NC(=O)Cn2nnc(S(=O)(=O)c3ccccc3)c2N)c1. The van der Waals surface area contributed by atoms with Gasteiger partial charge >= 0.3 is 0 Å². The van der Waals surface area contributed by atoms with Gasteiger partial charge in [-0.2, -0.15) is 0 Å². The van der Waals surface area contributed by atoms with Gasteiger partial charge in [-0.05, 0) is 43.2 Å². The number of rotatable bonds is 5. The smallest absolute Gasteiger partial charge is 0.246 e. The first-order valence-electron chi connectivity index (χ1n) is 8.15. The number of nitrogen functional groups attached to an aromatic ring is 1. The maximum Gasteiger partial charge on any atom is 0.246 e. The minimum atomic E-state index is -3.91. The molecule has 2 aromatic carbocycles. The van der Waals surface area contributed by atoms with E-state index in [0.717, 1.165) is 15.8 Å². The van der Waals surface area contributed by atoms with Crippen LogP contribution in [0.4, 0.5) is 11.5 Å². The number of nitrogens with two attached hydrogens (primary N) is 1. The lowest BCUT2D eigenvalue weighted by molar-refractivity contribution is -0.116. The summed E-state index contributed by atoms with van der Waals surface area (Å²) in [6, 6.07) is 13.5. The van der Waals surface area contributed by atoms with E-state index in [2.05, 4.69) is 15.6 Å². The fraction of sp³-hybridized carbons (Fsp3) is 0.167. The van der Waals surface area contributed by atoms with Crippen LogP contribution in [0.1, 0.15) is 11.1 Å². The highest BCUT2D eigenvalue weighted by Gasteiger charge is 2.26. The predicted octanol–water partition coefficient (Wildman–Crippen LogP) is 1.95. The fourth-order valence-electron chi connectivity index (χ4n) is 2.52. The quantitative estimate of drug-likeness (QED) is 0.693. The minimum absolute atomic E-state index is 0.0589.